The first-order chi connectivity index (χ1) is 8.43. The predicted octanol–water partition coefficient (Wildman–Crippen LogP) is 0.540. The van der Waals surface area contributed by atoms with E-state index in [1.165, 1.54) is 10.6 Å². The average molecular weight is 268 g/mol. The summed E-state index contributed by atoms with van der Waals surface area (Å²) in [7, 11) is -3.25. The van der Waals surface area contributed by atoms with Crippen molar-refractivity contribution in [2.24, 2.45) is 5.73 Å². The summed E-state index contributed by atoms with van der Waals surface area (Å²) in [5.41, 5.74) is 7.44. The SMILES string of the molecule is CS(=O)(=O)N1CCCc2cc(C(=O)CN)ccc21. The Labute approximate surface area is 107 Å². The van der Waals surface area contributed by atoms with Crippen LogP contribution in [-0.4, -0.2) is 33.5 Å². The lowest BCUT2D eigenvalue weighted by molar-refractivity contribution is 0.100. The van der Waals surface area contributed by atoms with Crippen molar-refractivity contribution in [2.75, 3.05) is 23.7 Å². The van der Waals surface area contributed by atoms with Crippen LogP contribution in [0.4, 0.5) is 5.69 Å². The number of carbonyl (C=O) groups excluding carboxylic acids is 1. The fraction of sp³-hybridized carbons (Fsp3) is 0.417. The molecule has 0 radical (unpaired) electrons. The largest absolute Gasteiger partial charge is 0.324 e. The van der Waals surface area contributed by atoms with Gasteiger partial charge in [-0.25, -0.2) is 8.42 Å². The third kappa shape index (κ3) is 2.39. The van der Waals surface area contributed by atoms with Gasteiger partial charge in [-0.3, -0.25) is 9.10 Å². The molecule has 1 aromatic rings. The monoisotopic (exact) mass is 268 g/mol. The van der Waals surface area contributed by atoms with Crippen molar-refractivity contribution in [1.29, 1.82) is 0 Å². The van der Waals surface area contributed by atoms with Crippen LogP contribution in [0.3, 0.4) is 0 Å². The molecule has 1 heterocycles. The van der Waals surface area contributed by atoms with Crippen LogP contribution in [0.1, 0.15) is 22.3 Å². The molecule has 2 rings (SSSR count). The number of carbonyl (C=O) groups is 1. The highest BCUT2D eigenvalue weighted by molar-refractivity contribution is 7.92. The number of hydrogen-bond acceptors (Lipinski definition) is 4. The van der Waals surface area contributed by atoms with E-state index in [1.54, 1.807) is 18.2 Å². The van der Waals surface area contributed by atoms with Crippen LogP contribution in [0.25, 0.3) is 0 Å². The summed E-state index contributed by atoms with van der Waals surface area (Å²) in [5.74, 6) is -0.130. The van der Waals surface area contributed by atoms with E-state index in [1.807, 2.05) is 0 Å². The first-order valence-electron chi connectivity index (χ1n) is 5.77. The maximum Gasteiger partial charge on any atom is 0.232 e. The Morgan fingerprint density at radius 1 is 1.44 bits per heavy atom. The van der Waals surface area contributed by atoms with Crippen molar-refractivity contribution in [3.63, 3.8) is 0 Å². The van der Waals surface area contributed by atoms with E-state index < -0.39 is 10.0 Å². The molecule has 0 unspecified atom stereocenters. The average Bonchev–Trinajstić information content (AvgIpc) is 2.35. The first-order valence-corrected chi connectivity index (χ1v) is 7.62. The number of Topliss-reactive ketones (excluding diaryl/α,β-unsaturated/α-hetero) is 1. The zero-order valence-electron chi connectivity index (χ0n) is 10.2. The molecule has 0 bridgehead atoms. The van der Waals surface area contributed by atoms with Gasteiger partial charge in [-0.15, -0.1) is 0 Å². The third-order valence-electron chi connectivity index (χ3n) is 3.06. The van der Waals surface area contributed by atoms with Gasteiger partial charge in [0.25, 0.3) is 0 Å². The minimum Gasteiger partial charge on any atom is -0.324 e. The maximum atomic E-state index is 11.7. The highest BCUT2D eigenvalue weighted by atomic mass is 32.2. The molecule has 0 amide bonds. The zero-order valence-corrected chi connectivity index (χ0v) is 11.0. The number of hydrogen-bond donors (Lipinski definition) is 1. The van der Waals surface area contributed by atoms with Crippen molar-refractivity contribution in [1.82, 2.24) is 0 Å². The fourth-order valence-electron chi connectivity index (χ4n) is 2.20. The Hall–Kier alpha value is -1.40. The molecule has 0 spiro atoms. The standard InChI is InChI=1S/C12H16N2O3S/c1-18(16,17)14-6-2-3-9-7-10(12(15)8-13)4-5-11(9)14/h4-5,7H,2-3,6,8,13H2,1H3. The van der Waals surface area contributed by atoms with Gasteiger partial charge in [-0.2, -0.15) is 0 Å². The molecule has 2 N–H and O–H groups in total. The molecular weight excluding hydrogens is 252 g/mol. The van der Waals surface area contributed by atoms with Crippen molar-refractivity contribution in [2.45, 2.75) is 12.8 Å². The summed E-state index contributed by atoms with van der Waals surface area (Å²) in [4.78, 5) is 11.5. The Balaban J connectivity index is 2.46. The van der Waals surface area contributed by atoms with Gasteiger partial charge in [0, 0.05) is 12.1 Å². The van der Waals surface area contributed by atoms with Crippen LogP contribution in [0.2, 0.25) is 0 Å². The molecule has 5 nitrogen and oxygen atoms in total. The molecule has 1 aliphatic rings. The van der Waals surface area contributed by atoms with Crippen molar-refractivity contribution in [3.8, 4) is 0 Å². The lowest BCUT2D eigenvalue weighted by atomic mass is 9.99. The van der Waals surface area contributed by atoms with Crippen molar-refractivity contribution >= 4 is 21.5 Å². The lowest BCUT2D eigenvalue weighted by Gasteiger charge is -2.29. The van der Waals surface area contributed by atoms with Gasteiger partial charge in [-0.1, -0.05) is 0 Å². The van der Waals surface area contributed by atoms with Crippen LogP contribution < -0.4 is 10.0 Å². The first kappa shape index (κ1) is 13.0. The van der Waals surface area contributed by atoms with Gasteiger partial charge in [0.05, 0.1) is 18.5 Å². The molecule has 98 valence electrons. The number of ketones is 1. The summed E-state index contributed by atoms with van der Waals surface area (Å²) in [5, 5.41) is 0. The minimum atomic E-state index is -3.25. The Bertz CT molecular complexity index is 581. The molecule has 18 heavy (non-hydrogen) atoms. The van der Waals surface area contributed by atoms with Gasteiger partial charge >= 0.3 is 0 Å². The molecule has 0 saturated heterocycles. The highest BCUT2D eigenvalue weighted by Crippen LogP contribution is 2.29. The quantitative estimate of drug-likeness (QED) is 0.811. The molecule has 1 aliphatic heterocycles. The molecular formula is C12H16N2O3S. The number of nitrogens with zero attached hydrogens (tertiary/aromatic N) is 1. The predicted molar refractivity (Wildman–Crippen MR) is 70.3 cm³/mol. The second-order valence-corrected chi connectivity index (χ2v) is 6.32. The van der Waals surface area contributed by atoms with Crippen LogP contribution in [0, 0.1) is 0 Å². The van der Waals surface area contributed by atoms with E-state index >= 15 is 0 Å². The molecule has 0 aliphatic carbocycles. The van der Waals surface area contributed by atoms with Gasteiger partial charge in [0.2, 0.25) is 10.0 Å². The number of aryl methyl sites for hydroxylation is 1. The van der Waals surface area contributed by atoms with E-state index in [4.69, 9.17) is 5.73 Å². The van der Waals surface area contributed by atoms with Crippen molar-refractivity contribution in [3.05, 3.63) is 29.3 Å². The topological polar surface area (TPSA) is 80.5 Å². The Kier molecular flexibility index (Phi) is 3.41. The summed E-state index contributed by atoms with van der Waals surface area (Å²) >= 11 is 0. The Morgan fingerprint density at radius 3 is 2.78 bits per heavy atom. The second-order valence-electron chi connectivity index (χ2n) is 4.41. The number of anilines is 1. The molecule has 0 aromatic heterocycles. The number of fused-ring (bicyclic) bond motifs is 1. The third-order valence-corrected chi connectivity index (χ3v) is 4.24. The molecule has 0 fully saturated rings. The number of benzene rings is 1. The molecule has 0 atom stereocenters. The fourth-order valence-corrected chi connectivity index (χ4v) is 3.19. The second kappa shape index (κ2) is 4.70. The maximum absolute atomic E-state index is 11.7. The van der Waals surface area contributed by atoms with E-state index in [0.717, 1.165) is 18.4 Å². The number of rotatable bonds is 3. The number of sulfonamides is 1. The van der Waals surface area contributed by atoms with Crippen LogP contribution in [0.15, 0.2) is 18.2 Å². The van der Waals surface area contributed by atoms with E-state index in [2.05, 4.69) is 0 Å². The molecule has 6 heteroatoms. The van der Waals surface area contributed by atoms with Crippen LogP contribution >= 0.6 is 0 Å². The van der Waals surface area contributed by atoms with Gasteiger partial charge in [0.1, 0.15) is 0 Å². The smallest absolute Gasteiger partial charge is 0.232 e. The summed E-state index contributed by atoms with van der Waals surface area (Å²) in [6.07, 6.45) is 2.74. The molecule has 1 aromatic carbocycles. The van der Waals surface area contributed by atoms with Crippen molar-refractivity contribution < 1.29 is 13.2 Å². The van der Waals surface area contributed by atoms with E-state index in [0.29, 0.717) is 17.8 Å². The van der Waals surface area contributed by atoms with Gasteiger partial charge < -0.3 is 5.73 Å². The number of nitrogens with two attached hydrogens (primary N) is 1. The molecule has 0 saturated carbocycles. The normalized spacial score (nSPS) is 15.3. The van der Waals surface area contributed by atoms with Crippen LogP contribution in [-0.2, 0) is 16.4 Å². The van der Waals surface area contributed by atoms with Crippen LogP contribution in [0.5, 0.6) is 0 Å². The van der Waals surface area contributed by atoms with Gasteiger partial charge in [0.15, 0.2) is 5.78 Å². The summed E-state index contributed by atoms with van der Waals surface area (Å²) in [6, 6.07) is 5.08. The van der Waals surface area contributed by atoms with E-state index in [-0.39, 0.29) is 12.3 Å². The minimum absolute atomic E-state index is 0.0332. The lowest BCUT2D eigenvalue weighted by Crippen LogP contribution is -2.34. The van der Waals surface area contributed by atoms with Gasteiger partial charge in [-0.05, 0) is 36.6 Å². The zero-order chi connectivity index (χ0) is 13.3. The Morgan fingerprint density at radius 2 is 2.17 bits per heavy atom. The highest BCUT2D eigenvalue weighted by Gasteiger charge is 2.24. The summed E-state index contributed by atoms with van der Waals surface area (Å²) < 4.78 is 24.7. The summed E-state index contributed by atoms with van der Waals surface area (Å²) in [6.45, 7) is 0.463. The van der Waals surface area contributed by atoms with E-state index in [9.17, 15) is 13.2 Å².